The van der Waals surface area contributed by atoms with Crippen LogP contribution in [0.1, 0.15) is 52.7 Å². The van der Waals surface area contributed by atoms with Crippen molar-refractivity contribution >= 4 is 5.97 Å². The van der Waals surface area contributed by atoms with Gasteiger partial charge in [0.25, 0.3) is 0 Å². The number of fused-ring (bicyclic) bond motifs is 3. The lowest BCUT2D eigenvalue weighted by Gasteiger charge is -2.44. The smallest absolute Gasteiger partial charge is 0.312 e. The maximum atomic E-state index is 12.9. The molecule has 0 saturated heterocycles. The Kier molecular flexibility index (Phi) is 3.63. The van der Waals surface area contributed by atoms with Gasteiger partial charge in [-0.1, -0.05) is 69.3 Å². The Bertz CT molecular complexity index is 743. The molecule has 126 valence electrons. The first kappa shape index (κ1) is 16.8. The molecule has 0 saturated carbocycles. The molecule has 1 aliphatic carbocycles. The molecule has 0 N–H and O–H groups in total. The van der Waals surface area contributed by atoms with Gasteiger partial charge < -0.3 is 4.74 Å². The fraction of sp³-hybridized carbons (Fsp3) is 0.409. The minimum Gasteiger partial charge on any atom is -0.448 e. The van der Waals surface area contributed by atoms with Gasteiger partial charge in [0.15, 0.2) is 5.60 Å². The Hall–Kier alpha value is -2.09. The number of carbonyl (C=O) groups excluding carboxylic acids is 1. The quantitative estimate of drug-likeness (QED) is 0.644. The number of carbonyl (C=O) groups is 1. The van der Waals surface area contributed by atoms with Crippen LogP contribution < -0.4 is 0 Å². The van der Waals surface area contributed by atoms with Crippen LogP contribution in [0.15, 0.2) is 48.5 Å². The van der Waals surface area contributed by atoms with Crippen LogP contribution >= 0.6 is 0 Å². The molecule has 0 aliphatic heterocycles. The second-order valence-electron chi connectivity index (χ2n) is 8.66. The third-order valence-corrected chi connectivity index (χ3v) is 4.82. The van der Waals surface area contributed by atoms with Crippen molar-refractivity contribution in [3.63, 3.8) is 0 Å². The summed E-state index contributed by atoms with van der Waals surface area (Å²) in [7, 11) is 0. The van der Waals surface area contributed by atoms with Crippen molar-refractivity contribution in [2.75, 3.05) is 0 Å². The van der Waals surface area contributed by atoms with Crippen LogP contribution in [0.25, 0.3) is 11.1 Å². The third kappa shape index (κ3) is 2.28. The lowest BCUT2D eigenvalue weighted by atomic mass is 9.70. The molecule has 0 aromatic heterocycles. The van der Waals surface area contributed by atoms with Gasteiger partial charge in [0, 0.05) is 16.5 Å². The Balaban J connectivity index is 2.32. The van der Waals surface area contributed by atoms with Gasteiger partial charge in [-0.3, -0.25) is 4.79 Å². The van der Waals surface area contributed by atoms with Crippen LogP contribution in [0, 0.1) is 10.8 Å². The van der Waals surface area contributed by atoms with E-state index < -0.39 is 11.0 Å². The predicted octanol–water partition coefficient (Wildman–Crippen LogP) is 5.55. The fourth-order valence-corrected chi connectivity index (χ4v) is 3.56. The number of ether oxygens (including phenoxy) is 1. The van der Waals surface area contributed by atoms with E-state index in [0.29, 0.717) is 0 Å². The van der Waals surface area contributed by atoms with Gasteiger partial charge in [-0.15, -0.1) is 0 Å². The van der Waals surface area contributed by atoms with Crippen LogP contribution in [-0.4, -0.2) is 5.97 Å². The van der Waals surface area contributed by atoms with Crippen LogP contribution in [0.2, 0.25) is 0 Å². The van der Waals surface area contributed by atoms with E-state index in [1.54, 1.807) is 0 Å². The topological polar surface area (TPSA) is 26.3 Å². The monoisotopic (exact) mass is 322 g/mol. The molecule has 1 aliphatic rings. The van der Waals surface area contributed by atoms with Gasteiger partial charge in [-0.25, -0.2) is 0 Å². The average Bonchev–Trinajstić information content (AvgIpc) is 2.78. The molecular weight excluding hydrogens is 296 g/mol. The van der Waals surface area contributed by atoms with Crippen molar-refractivity contribution in [1.29, 1.82) is 0 Å². The second kappa shape index (κ2) is 5.20. The van der Waals surface area contributed by atoms with Crippen LogP contribution in [0.5, 0.6) is 0 Å². The summed E-state index contributed by atoms with van der Waals surface area (Å²) < 4.78 is 6.34. The molecule has 0 fully saturated rings. The van der Waals surface area contributed by atoms with Gasteiger partial charge in [-0.05, 0) is 31.9 Å². The summed E-state index contributed by atoms with van der Waals surface area (Å²) in [5.41, 5.74) is 2.87. The zero-order valence-corrected chi connectivity index (χ0v) is 15.4. The fourth-order valence-electron chi connectivity index (χ4n) is 3.56. The van der Waals surface area contributed by atoms with E-state index in [2.05, 4.69) is 45.0 Å². The molecule has 0 atom stereocenters. The number of esters is 1. The largest absolute Gasteiger partial charge is 0.448 e. The van der Waals surface area contributed by atoms with E-state index >= 15 is 0 Å². The molecule has 2 aromatic rings. The van der Waals surface area contributed by atoms with E-state index in [9.17, 15) is 4.79 Å². The molecule has 0 amide bonds. The van der Waals surface area contributed by atoms with Gasteiger partial charge in [0.1, 0.15) is 0 Å². The number of hydrogen-bond donors (Lipinski definition) is 0. The van der Waals surface area contributed by atoms with Gasteiger partial charge >= 0.3 is 5.97 Å². The van der Waals surface area contributed by atoms with Crippen molar-refractivity contribution in [3.8, 4) is 11.1 Å². The lowest BCUT2D eigenvalue weighted by Crippen LogP contribution is -2.46. The van der Waals surface area contributed by atoms with Crippen LogP contribution in [-0.2, 0) is 15.1 Å². The highest BCUT2D eigenvalue weighted by molar-refractivity contribution is 5.84. The third-order valence-electron chi connectivity index (χ3n) is 4.82. The maximum Gasteiger partial charge on any atom is 0.312 e. The SMILES string of the molecule is CC(C)(C)C(=O)OC1(C(C)(C)C)c2ccccc2-c2ccccc21. The summed E-state index contributed by atoms with van der Waals surface area (Å²) in [4.78, 5) is 12.9. The highest BCUT2D eigenvalue weighted by atomic mass is 16.6. The van der Waals surface area contributed by atoms with E-state index in [4.69, 9.17) is 4.74 Å². The van der Waals surface area contributed by atoms with Crippen molar-refractivity contribution in [2.45, 2.75) is 47.1 Å². The molecule has 0 bridgehead atoms. The molecule has 24 heavy (non-hydrogen) atoms. The van der Waals surface area contributed by atoms with E-state index in [1.165, 1.54) is 0 Å². The molecule has 3 rings (SSSR count). The molecule has 0 radical (unpaired) electrons. The summed E-state index contributed by atoms with van der Waals surface area (Å²) >= 11 is 0. The van der Waals surface area contributed by atoms with Gasteiger partial charge in [0.2, 0.25) is 0 Å². The van der Waals surface area contributed by atoms with Gasteiger partial charge in [0.05, 0.1) is 5.41 Å². The summed E-state index contributed by atoms with van der Waals surface area (Å²) in [5.74, 6) is -0.177. The summed E-state index contributed by atoms with van der Waals surface area (Å²) in [6, 6.07) is 16.6. The van der Waals surface area contributed by atoms with Crippen LogP contribution in [0.3, 0.4) is 0 Å². The molecule has 2 nitrogen and oxygen atoms in total. The number of hydrogen-bond acceptors (Lipinski definition) is 2. The van der Waals surface area contributed by atoms with Crippen molar-refractivity contribution in [3.05, 3.63) is 59.7 Å². The lowest BCUT2D eigenvalue weighted by molar-refractivity contribution is -0.177. The van der Waals surface area contributed by atoms with Crippen molar-refractivity contribution < 1.29 is 9.53 Å². The maximum absolute atomic E-state index is 12.9. The molecular formula is C22H26O2. The van der Waals surface area contributed by atoms with Crippen molar-refractivity contribution in [2.24, 2.45) is 10.8 Å². The van der Waals surface area contributed by atoms with E-state index in [-0.39, 0.29) is 11.4 Å². The van der Waals surface area contributed by atoms with E-state index in [0.717, 1.165) is 22.3 Å². The van der Waals surface area contributed by atoms with Crippen molar-refractivity contribution in [1.82, 2.24) is 0 Å². The minimum absolute atomic E-state index is 0.177. The summed E-state index contributed by atoms with van der Waals surface area (Å²) in [6.45, 7) is 12.1. The predicted molar refractivity (Wildman–Crippen MR) is 97.7 cm³/mol. The summed E-state index contributed by atoms with van der Waals surface area (Å²) in [6.07, 6.45) is 0. The van der Waals surface area contributed by atoms with Gasteiger partial charge in [-0.2, -0.15) is 0 Å². The zero-order valence-electron chi connectivity index (χ0n) is 15.4. The second-order valence-corrected chi connectivity index (χ2v) is 8.66. The zero-order chi connectivity index (χ0) is 17.8. The number of benzene rings is 2. The normalized spacial score (nSPS) is 15.6. The molecule has 0 unspecified atom stereocenters. The Morgan fingerprint density at radius 3 is 1.58 bits per heavy atom. The summed E-state index contributed by atoms with van der Waals surface area (Å²) in [5, 5.41) is 0. The van der Waals surface area contributed by atoms with E-state index in [1.807, 2.05) is 45.0 Å². The van der Waals surface area contributed by atoms with Crippen LogP contribution in [0.4, 0.5) is 0 Å². The average molecular weight is 322 g/mol. The first-order valence-corrected chi connectivity index (χ1v) is 8.52. The standard InChI is InChI=1S/C22H26O2/c1-20(2,3)19(23)24-22(21(4,5)6)17-13-9-7-11-15(17)16-12-8-10-14-18(16)22/h7-14H,1-6H3. The first-order chi connectivity index (χ1) is 11.1. The molecule has 2 aromatic carbocycles. The highest BCUT2D eigenvalue weighted by Gasteiger charge is 2.55. The highest BCUT2D eigenvalue weighted by Crippen LogP contribution is 2.58. The Labute approximate surface area is 144 Å². The minimum atomic E-state index is -0.773. The Morgan fingerprint density at radius 2 is 1.21 bits per heavy atom. The Morgan fingerprint density at radius 1 is 0.792 bits per heavy atom. The first-order valence-electron chi connectivity index (χ1n) is 8.52. The molecule has 0 heterocycles. The molecule has 2 heteroatoms. The number of rotatable bonds is 1. The molecule has 0 spiro atoms.